The lowest BCUT2D eigenvalue weighted by Crippen LogP contribution is -2.50. The van der Waals surface area contributed by atoms with Gasteiger partial charge in [0.2, 0.25) is 5.91 Å². The summed E-state index contributed by atoms with van der Waals surface area (Å²) < 4.78 is 0. The molecule has 3 aliphatic heterocycles. The number of hydrogen-bond acceptors (Lipinski definition) is 4. The highest BCUT2D eigenvalue weighted by Crippen LogP contribution is 2.30. The van der Waals surface area contributed by atoms with Crippen LogP contribution in [0.25, 0.3) is 0 Å². The molecule has 3 saturated heterocycles. The summed E-state index contributed by atoms with van der Waals surface area (Å²) in [4.78, 5) is 20.0. The van der Waals surface area contributed by atoms with Gasteiger partial charge in [-0.1, -0.05) is 30.3 Å². The molecule has 0 aromatic heterocycles. The number of aliphatic hydroxyl groups excluding tert-OH is 1. The lowest BCUT2D eigenvalue weighted by molar-refractivity contribution is -0.133. The number of piperidine rings is 2. The van der Waals surface area contributed by atoms with E-state index < -0.39 is 0 Å². The molecule has 3 heterocycles. The van der Waals surface area contributed by atoms with Gasteiger partial charge < -0.3 is 14.9 Å². The van der Waals surface area contributed by atoms with E-state index in [-0.39, 0.29) is 12.0 Å². The average molecular weight is 400 g/mol. The highest BCUT2D eigenvalue weighted by Gasteiger charge is 2.35. The van der Waals surface area contributed by atoms with E-state index in [1.165, 1.54) is 37.9 Å². The van der Waals surface area contributed by atoms with Crippen LogP contribution in [0.4, 0.5) is 0 Å². The standard InChI is InChI=1S/C24H37N3O2/c28-22-10-16-27(17-11-22)24(29)9-8-21-19-25(18-20-6-2-1-3-7-20)15-12-23(21)26-13-4-5-14-26/h1-3,6-7,21-23,28H,4-5,8-19H2/t21-,23+/m0/s1. The zero-order valence-corrected chi connectivity index (χ0v) is 17.7. The third-order valence-electron chi connectivity index (χ3n) is 7.18. The number of carbonyl (C=O) groups excluding carboxylic acids is 1. The molecule has 0 aliphatic carbocycles. The first kappa shape index (κ1) is 20.8. The molecule has 29 heavy (non-hydrogen) atoms. The summed E-state index contributed by atoms with van der Waals surface area (Å²) in [6.07, 6.45) is 6.77. The summed E-state index contributed by atoms with van der Waals surface area (Å²) in [7, 11) is 0. The van der Waals surface area contributed by atoms with Gasteiger partial charge in [0, 0.05) is 38.6 Å². The van der Waals surface area contributed by atoms with Gasteiger partial charge in [0.15, 0.2) is 0 Å². The van der Waals surface area contributed by atoms with Crippen LogP contribution in [0.15, 0.2) is 30.3 Å². The number of carbonyl (C=O) groups is 1. The molecule has 160 valence electrons. The number of benzene rings is 1. The predicted molar refractivity (Wildman–Crippen MR) is 115 cm³/mol. The minimum atomic E-state index is -0.219. The van der Waals surface area contributed by atoms with Crippen LogP contribution in [-0.4, -0.2) is 77.1 Å². The Hall–Kier alpha value is -1.43. The molecular weight excluding hydrogens is 362 g/mol. The van der Waals surface area contributed by atoms with E-state index in [1.54, 1.807) is 0 Å². The van der Waals surface area contributed by atoms with Gasteiger partial charge in [-0.15, -0.1) is 0 Å². The van der Waals surface area contributed by atoms with Crippen LogP contribution in [0.3, 0.4) is 0 Å². The van der Waals surface area contributed by atoms with E-state index in [0.29, 0.717) is 18.4 Å². The fraction of sp³-hybridized carbons (Fsp3) is 0.708. The van der Waals surface area contributed by atoms with Crippen molar-refractivity contribution in [2.45, 2.75) is 63.6 Å². The molecule has 0 bridgehead atoms. The first-order valence-corrected chi connectivity index (χ1v) is 11.7. The third kappa shape index (κ3) is 5.59. The maximum absolute atomic E-state index is 12.8. The van der Waals surface area contributed by atoms with Gasteiger partial charge in [-0.3, -0.25) is 9.69 Å². The summed E-state index contributed by atoms with van der Waals surface area (Å²) in [5, 5.41) is 9.70. The molecule has 2 atom stereocenters. The topological polar surface area (TPSA) is 47.0 Å². The third-order valence-corrected chi connectivity index (χ3v) is 7.18. The van der Waals surface area contributed by atoms with Crippen molar-refractivity contribution in [2.24, 2.45) is 5.92 Å². The van der Waals surface area contributed by atoms with E-state index in [9.17, 15) is 9.90 Å². The summed E-state index contributed by atoms with van der Waals surface area (Å²) in [5.41, 5.74) is 1.38. The van der Waals surface area contributed by atoms with E-state index in [2.05, 4.69) is 40.1 Å². The maximum Gasteiger partial charge on any atom is 0.222 e. The van der Waals surface area contributed by atoms with Crippen molar-refractivity contribution in [3.63, 3.8) is 0 Å². The second-order valence-corrected chi connectivity index (χ2v) is 9.23. The molecule has 3 aliphatic rings. The van der Waals surface area contributed by atoms with Gasteiger partial charge in [-0.05, 0) is 69.6 Å². The highest BCUT2D eigenvalue weighted by molar-refractivity contribution is 5.76. The Morgan fingerprint density at radius 2 is 1.69 bits per heavy atom. The summed E-state index contributed by atoms with van der Waals surface area (Å²) >= 11 is 0. The SMILES string of the molecule is O=C(CC[C@H]1CN(Cc2ccccc2)CC[C@H]1N1CCCC1)N1CCC(O)CC1. The minimum Gasteiger partial charge on any atom is -0.393 e. The van der Waals surface area contributed by atoms with Gasteiger partial charge in [-0.2, -0.15) is 0 Å². The molecule has 1 N–H and O–H groups in total. The lowest BCUT2D eigenvalue weighted by atomic mass is 9.86. The number of likely N-dealkylation sites (tertiary alicyclic amines) is 3. The first-order chi connectivity index (χ1) is 14.2. The first-order valence-electron chi connectivity index (χ1n) is 11.7. The van der Waals surface area contributed by atoms with Crippen LogP contribution >= 0.6 is 0 Å². The van der Waals surface area contributed by atoms with Gasteiger partial charge >= 0.3 is 0 Å². The van der Waals surface area contributed by atoms with E-state index in [4.69, 9.17) is 0 Å². The highest BCUT2D eigenvalue weighted by atomic mass is 16.3. The van der Waals surface area contributed by atoms with E-state index >= 15 is 0 Å². The van der Waals surface area contributed by atoms with Crippen molar-refractivity contribution in [1.82, 2.24) is 14.7 Å². The lowest BCUT2D eigenvalue weighted by Gasteiger charge is -2.43. The molecule has 1 amide bonds. The van der Waals surface area contributed by atoms with Gasteiger partial charge in [-0.25, -0.2) is 0 Å². The monoisotopic (exact) mass is 399 g/mol. The zero-order valence-electron chi connectivity index (χ0n) is 17.7. The van der Waals surface area contributed by atoms with E-state index in [0.717, 1.165) is 52.0 Å². The number of nitrogens with zero attached hydrogens (tertiary/aromatic N) is 3. The molecular formula is C24H37N3O2. The molecule has 5 heteroatoms. The summed E-state index contributed by atoms with van der Waals surface area (Å²) in [6, 6.07) is 11.4. The van der Waals surface area contributed by atoms with Gasteiger partial charge in [0.05, 0.1) is 6.10 Å². The molecule has 0 radical (unpaired) electrons. The van der Waals surface area contributed by atoms with E-state index in [1.807, 2.05) is 4.90 Å². The molecule has 0 saturated carbocycles. The Kier molecular flexibility index (Phi) is 7.22. The normalized spacial score (nSPS) is 27.4. The van der Waals surface area contributed by atoms with Crippen LogP contribution in [-0.2, 0) is 11.3 Å². The number of hydrogen-bond donors (Lipinski definition) is 1. The number of amides is 1. The molecule has 0 unspecified atom stereocenters. The molecule has 0 spiro atoms. The smallest absolute Gasteiger partial charge is 0.222 e. The summed E-state index contributed by atoms with van der Waals surface area (Å²) in [6.45, 7) is 7.19. The number of aliphatic hydroxyl groups is 1. The average Bonchev–Trinajstić information content (AvgIpc) is 3.28. The Bertz CT molecular complexity index is 639. The fourth-order valence-corrected chi connectivity index (χ4v) is 5.50. The Labute approximate surface area is 175 Å². The Morgan fingerprint density at radius 3 is 2.41 bits per heavy atom. The molecule has 1 aromatic rings. The fourth-order valence-electron chi connectivity index (χ4n) is 5.50. The van der Waals surface area contributed by atoms with Gasteiger partial charge in [0.25, 0.3) is 0 Å². The number of rotatable bonds is 6. The molecule has 5 nitrogen and oxygen atoms in total. The van der Waals surface area contributed by atoms with Crippen molar-refractivity contribution in [2.75, 3.05) is 39.3 Å². The van der Waals surface area contributed by atoms with Crippen LogP contribution in [0.2, 0.25) is 0 Å². The van der Waals surface area contributed by atoms with Crippen molar-refractivity contribution in [1.29, 1.82) is 0 Å². The largest absolute Gasteiger partial charge is 0.393 e. The molecule has 3 fully saturated rings. The van der Waals surface area contributed by atoms with Crippen LogP contribution < -0.4 is 0 Å². The van der Waals surface area contributed by atoms with Gasteiger partial charge in [0.1, 0.15) is 0 Å². The van der Waals surface area contributed by atoms with Crippen molar-refractivity contribution < 1.29 is 9.90 Å². The van der Waals surface area contributed by atoms with Crippen LogP contribution in [0, 0.1) is 5.92 Å². The van der Waals surface area contributed by atoms with Crippen molar-refractivity contribution >= 4 is 5.91 Å². The summed E-state index contributed by atoms with van der Waals surface area (Å²) in [5.74, 6) is 0.863. The van der Waals surface area contributed by atoms with Crippen molar-refractivity contribution in [3.05, 3.63) is 35.9 Å². The van der Waals surface area contributed by atoms with Crippen LogP contribution in [0.5, 0.6) is 0 Å². The quantitative estimate of drug-likeness (QED) is 0.799. The second-order valence-electron chi connectivity index (χ2n) is 9.23. The Balaban J connectivity index is 1.35. The van der Waals surface area contributed by atoms with Crippen molar-refractivity contribution in [3.8, 4) is 0 Å². The maximum atomic E-state index is 12.8. The predicted octanol–water partition coefficient (Wildman–Crippen LogP) is 2.74. The van der Waals surface area contributed by atoms with Crippen LogP contribution in [0.1, 0.15) is 50.5 Å². The molecule has 1 aromatic carbocycles. The minimum absolute atomic E-state index is 0.219. The zero-order chi connectivity index (χ0) is 20.1. The Morgan fingerprint density at radius 1 is 0.966 bits per heavy atom. The molecule has 4 rings (SSSR count). The second kappa shape index (κ2) is 10.1.